The average Bonchev–Trinajstić information content (AvgIpc) is 3.27. The molecular weight excluding hydrogens is 631 g/mol. The van der Waals surface area contributed by atoms with Crippen molar-refractivity contribution in [2.24, 2.45) is 0 Å². The van der Waals surface area contributed by atoms with Crippen molar-refractivity contribution < 1.29 is 46.2 Å². The third-order valence-corrected chi connectivity index (χ3v) is 7.36. The molecule has 232 valence electrons. The maximum Gasteiger partial charge on any atom is 0.453 e. The van der Waals surface area contributed by atoms with E-state index in [4.69, 9.17) is 30.2 Å². The second kappa shape index (κ2) is 11.7. The number of para-hydroxylation sites is 1. The van der Waals surface area contributed by atoms with Crippen LogP contribution in [0.4, 0.5) is 13.2 Å². The molecule has 1 aliphatic rings. The van der Waals surface area contributed by atoms with Crippen molar-refractivity contribution in [3.8, 4) is 23.0 Å². The Hall–Kier alpha value is -5.62. The highest BCUT2D eigenvalue weighted by Crippen LogP contribution is 2.40. The highest BCUT2D eigenvalue weighted by molar-refractivity contribution is 6.32. The summed E-state index contributed by atoms with van der Waals surface area (Å²) in [5.41, 5.74) is -1.01. The maximum atomic E-state index is 13.9. The van der Waals surface area contributed by atoms with Crippen molar-refractivity contribution in [3.05, 3.63) is 128 Å². The summed E-state index contributed by atoms with van der Waals surface area (Å²) < 4.78 is 62.6. The lowest BCUT2D eigenvalue weighted by atomic mass is 10.1. The van der Waals surface area contributed by atoms with Crippen molar-refractivity contribution in [2.75, 3.05) is 7.11 Å². The highest BCUT2D eigenvalue weighted by Gasteiger charge is 2.41. The fourth-order valence-electron chi connectivity index (χ4n) is 4.78. The first-order chi connectivity index (χ1) is 21.9. The van der Waals surface area contributed by atoms with Gasteiger partial charge in [-0.25, -0.2) is 4.79 Å². The highest BCUT2D eigenvalue weighted by atomic mass is 35.5. The summed E-state index contributed by atoms with van der Waals surface area (Å²) in [4.78, 5) is 53.2. The number of rotatable bonds is 7. The summed E-state index contributed by atoms with van der Waals surface area (Å²) in [6.07, 6.45) is -5.13. The third-order valence-electron chi connectivity index (χ3n) is 7.04. The van der Waals surface area contributed by atoms with E-state index in [2.05, 4.69) is 0 Å². The van der Waals surface area contributed by atoms with Crippen LogP contribution in [0.3, 0.4) is 0 Å². The van der Waals surface area contributed by atoms with Crippen LogP contribution in [0.5, 0.6) is 23.0 Å². The molecular formula is C33H19ClF3NO8. The van der Waals surface area contributed by atoms with E-state index in [1.54, 1.807) is 24.3 Å². The van der Waals surface area contributed by atoms with Crippen molar-refractivity contribution in [1.29, 1.82) is 0 Å². The molecule has 0 radical (unpaired) electrons. The number of alkyl halides is 3. The van der Waals surface area contributed by atoms with E-state index in [1.807, 2.05) is 0 Å². The van der Waals surface area contributed by atoms with Crippen LogP contribution in [0, 0.1) is 0 Å². The Kier molecular flexibility index (Phi) is 7.74. The first-order valence-corrected chi connectivity index (χ1v) is 13.8. The fourth-order valence-corrected chi connectivity index (χ4v) is 4.95. The average molecular weight is 650 g/mol. The van der Waals surface area contributed by atoms with Gasteiger partial charge in [-0.3, -0.25) is 19.3 Å². The molecule has 0 fully saturated rings. The summed E-state index contributed by atoms with van der Waals surface area (Å²) in [6, 6.07) is 19.5. The summed E-state index contributed by atoms with van der Waals surface area (Å²) in [5, 5.41) is -0.312. The van der Waals surface area contributed by atoms with Crippen LogP contribution < -0.4 is 19.6 Å². The molecule has 1 aromatic heterocycles. The van der Waals surface area contributed by atoms with Gasteiger partial charge in [-0.1, -0.05) is 35.9 Å². The second-order valence-electron chi connectivity index (χ2n) is 9.97. The van der Waals surface area contributed by atoms with Crippen molar-refractivity contribution in [1.82, 2.24) is 4.90 Å². The van der Waals surface area contributed by atoms with Crippen LogP contribution in [0.1, 0.15) is 42.4 Å². The zero-order valence-corrected chi connectivity index (χ0v) is 24.3. The number of carbonyl (C=O) groups excluding carboxylic acids is 3. The molecule has 0 N–H and O–H groups in total. The molecule has 1 aliphatic heterocycles. The van der Waals surface area contributed by atoms with Gasteiger partial charge < -0.3 is 18.6 Å². The lowest BCUT2D eigenvalue weighted by Gasteiger charge is -2.14. The Morgan fingerprint density at radius 2 is 1.57 bits per heavy atom. The first-order valence-electron chi connectivity index (χ1n) is 13.4. The van der Waals surface area contributed by atoms with Gasteiger partial charge in [0.15, 0.2) is 0 Å². The number of halogens is 4. The van der Waals surface area contributed by atoms with Crippen LogP contribution in [-0.4, -0.2) is 29.8 Å². The zero-order valence-electron chi connectivity index (χ0n) is 23.5. The van der Waals surface area contributed by atoms with Gasteiger partial charge >= 0.3 is 12.1 Å². The number of nitrogens with zero attached hydrogens (tertiary/aromatic N) is 1. The predicted octanol–water partition coefficient (Wildman–Crippen LogP) is 7.28. The standard InChI is InChI=1S/C33H19ClF3NO8/c1-43-19-9-6-17(7-10-19)16-38-30(40)21-12-8-18(14-23(21)31(38)41)32(42)44-20-11-13-22-26(15-20)46-29(33(35,36)37)28(27(22)39)45-25-5-3-2-4-24(25)34/h2-15H,16H2,1H3. The lowest BCUT2D eigenvalue weighted by Crippen LogP contribution is -2.29. The van der Waals surface area contributed by atoms with Crippen LogP contribution in [-0.2, 0) is 12.7 Å². The maximum absolute atomic E-state index is 13.9. The van der Waals surface area contributed by atoms with Gasteiger partial charge in [0.1, 0.15) is 22.8 Å². The van der Waals surface area contributed by atoms with E-state index in [1.165, 1.54) is 55.6 Å². The Morgan fingerprint density at radius 1 is 0.870 bits per heavy atom. The Labute approximate surface area is 262 Å². The Bertz CT molecular complexity index is 2110. The van der Waals surface area contributed by atoms with E-state index in [9.17, 15) is 32.3 Å². The molecule has 6 rings (SSSR count). The summed E-state index contributed by atoms with van der Waals surface area (Å²) in [5.74, 6) is -4.80. The number of methoxy groups -OCH3 is 1. The number of esters is 1. The molecule has 0 unspecified atom stereocenters. The number of imide groups is 1. The fraction of sp³-hybridized carbons (Fsp3) is 0.0909. The minimum atomic E-state index is -5.13. The van der Waals surface area contributed by atoms with Crippen LogP contribution >= 0.6 is 11.6 Å². The SMILES string of the molecule is COc1ccc(CN2C(=O)c3ccc(C(=O)Oc4ccc5c(=O)c(Oc6ccccc6Cl)c(C(F)(F)F)oc5c4)cc3C2=O)cc1. The first kappa shape index (κ1) is 30.4. The van der Waals surface area contributed by atoms with Gasteiger partial charge in [0.25, 0.3) is 17.6 Å². The predicted molar refractivity (Wildman–Crippen MR) is 158 cm³/mol. The minimum absolute atomic E-state index is 0.0104. The molecule has 9 nitrogen and oxygen atoms in total. The van der Waals surface area contributed by atoms with Gasteiger partial charge in [-0.15, -0.1) is 0 Å². The van der Waals surface area contributed by atoms with Crippen molar-refractivity contribution >= 4 is 40.4 Å². The van der Waals surface area contributed by atoms with E-state index >= 15 is 0 Å². The number of ether oxygens (including phenoxy) is 3. The zero-order chi connectivity index (χ0) is 32.7. The number of hydrogen-bond acceptors (Lipinski definition) is 8. The summed E-state index contributed by atoms with van der Waals surface area (Å²) in [7, 11) is 1.51. The van der Waals surface area contributed by atoms with Gasteiger partial charge in [0.05, 0.1) is 40.8 Å². The molecule has 4 aromatic carbocycles. The monoisotopic (exact) mass is 649 g/mol. The largest absolute Gasteiger partial charge is 0.497 e. The lowest BCUT2D eigenvalue weighted by molar-refractivity contribution is -0.154. The quantitative estimate of drug-likeness (QED) is 0.103. The molecule has 46 heavy (non-hydrogen) atoms. The van der Waals surface area contributed by atoms with E-state index in [-0.39, 0.29) is 45.1 Å². The molecule has 0 atom stereocenters. The van der Waals surface area contributed by atoms with Gasteiger partial charge in [0.2, 0.25) is 11.2 Å². The number of hydrogen-bond donors (Lipinski definition) is 0. The van der Waals surface area contributed by atoms with Crippen LogP contribution in [0.2, 0.25) is 5.02 Å². The smallest absolute Gasteiger partial charge is 0.453 e. The third kappa shape index (κ3) is 5.66. The molecule has 0 saturated heterocycles. The molecule has 5 aromatic rings. The molecule has 0 saturated carbocycles. The van der Waals surface area contributed by atoms with E-state index < -0.39 is 46.5 Å². The van der Waals surface area contributed by atoms with Crippen molar-refractivity contribution in [2.45, 2.75) is 12.7 Å². The molecule has 0 aliphatic carbocycles. The molecule has 0 spiro atoms. The van der Waals surface area contributed by atoms with Gasteiger partial charge in [-0.05, 0) is 60.2 Å². The molecule has 2 amide bonds. The topological polar surface area (TPSA) is 112 Å². The molecule has 0 bridgehead atoms. The van der Waals surface area contributed by atoms with E-state index in [0.29, 0.717) is 11.3 Å². The van der Waals surface area contributed by atoms with Crippen molar-refractivity contribution in [3.63, 3.8) is 0 Å². The number of carbonyl (C=O) groups is 3. The number of benzene rings is 4. The summed E-state index contributed by atoms with van der Waals surface area (Å²) >= 11 is 6.00. The number of fused-ring (bicyclic) bond motifs is 2. The normalized spacial score (nSPS) is 12.8. The second-order valence-corrected chi connectivity index (χ2v) is 10.4. The van der Waals surface area contributed by atoms with Crippen LogP contribution in [0.25, 0.3) is 11.0 Å². The minimum Gasteiger partial charge on any atom is -0.497 e. The molecule has 13 heteroatoms. The molecule has 2 heterocycles. The Balaban J connectivity index is 1.26. The van der Waals surface area contributed by atoms with Crippen LogP contribution in [0.15, 0.2) is 94.1 Å². The Morgan fingerprint density at radius 3 is 2.26 bits per heavy atom. The van der Waals surface area contributed by atoms with Gasteiger partial charge in [0, 0.05) is 6.07 Å². The number of amides is 2. The summed E-state index contributed by atoms with van der Waals surface area (Å²) in [6.45, 7) is -0.0104. The van der Waals surface area contributed by atoms with E-state index in [0.717, 1.165) is 17.0 Å². The van der Waals surface area contributed by atoms with Gasteiger partial charge in [-0.2, -0.15) is 13.2 Å².